The predicted molar refractivity (Wildman–Crippen MR) is 85.1 cm³/mol. The zero-order chi connectivity index (χ0) is 13.7. The normalized spacial score (nSPS) is 13.7. The summed E-state index contributed by atoms with van der Waals surface area (Å²) < 4.78 is 0. The summed E-state index contributed by atoms with van der Waals surface area (Å²) in [6, 6.07) is 15.4. The van der Waals surface area contributed by atoms with E-state index in [-0.39, 0.29) is 0 Å². The fraction of sp³-hybridized carbons (Fsp3) is 0.389. The summed E-state index contributed by atoms with van der Waals surface area (Å²) in [7, 11) is 0. The van der Waals surface area contributed by atoms with Crippen LogP contribution in [0.3, 0.4) is 0 Å². The van der Waals surface area contributed by atoms with Gasteiger partial charge in [0.05, 0.1) is 0 Å². The maximum absolute atomic E-state index is 4.85. The highest BCUT2D eigenvalue weighted by molar-refractivity contribution is 6.09. The van der Waals surface area contributed by atoms with E-state index < -0.39 is 0 Å². The maximum atomic E-state index is 4.85. The lowest BCUT2D eigenvalue weighted by Crippen LogP contribution is -2.04. The second-order valence-corrected chi connectivity index (χ2v) is 5.23. The summed E-state index contributed by atoms with van der Waals surface area (Å²) in [5.74, 6) is 0. The first-order valence-corrected chi connectivity index (χ1v) is 7.25. The van der Waals surface area contributed by atoms with Crippen LogP contribution in [0.4, 0.5) is 0 Å². The van der Waals surface area contributed by atoms with Crippen molar-refractivity contribution in [2.75, 3.05) is 0 Å². The number of fused-ring (bicyclic) bond motifs is 1. The quantitative estimate of drug-likeness (QED) is 0.647. The van der Waals surface area contributed by atoms with Crippen molar-refractivity contribution in [3.05, 3.63) is 48.0 Å². The SMILES string of the molecule is CCCCC(C)N=C(C)c1cccc2ccccc12. The molecule has 100 valence electrons. The van der Waals surface area contributed by atoms with Gasteiger partial charge in [0.15, 0.2) is 0 Å². The Morgan fingerprint density at radius 2 is 1.84 bits per heavy atom. The first-order chi connectivity index (χ1) is 9.22. The smallest absolute Gasteiger partial charge is 0.0474 e. The Kier molecular flexibility index (Phi) is 4.73. The van der Waals surface area contributed by atoms with E-state index in [2.05, 4.69) is 63.2 Å². The van der Waals surface area contributed by atoms with Crippen molar-refractivity contribution in [1.82, 2.24) is 0 Å². The van der Waals surface area contributed by atoms with Gasteiger partial charge in [-0.25, -0.2) is 0 Å². The lowest BCUT2D eigenvalue weighted by Gasteiger charge is -2.10. The standard InChI is InChI=1S/C18H23N/c1-4-5-9-14(2)19-15(3)17-13-8-11-16-10-6-7-12-18(16)17/h6-8,10-14H,4-5,9H2,1-3H3. The van der Waals surface area contributed by atoms with E-state index in [0.717, 1.165) is 5.71 Å². The predicted octanol–water partition coefficient (Wildman–Crippen LogP) is 5.23. The molecule has 0 saturated heterocycles. The Hall–Kier alpha value is -1.63. The third-order valence-corrected chi connectivity index (χ3v) is 3.57. The van der Waals surface area contributed by atoms with Gasteiger partial charge in [-0.3, -0.25) is 4.99 Å². The van der Waals surface area contributed by atoms with Gasteiger partial charge in [0.25, 0.3) is 0 Å². The summed E-state index contributed by atoms with van der Waals surface area (Å²) >= 11 is 0. The second-order valence-electron chi connectivity index (χ2n) is 5.23. The van der Waals surface area contributed by atoms with Crippen LogP contribution < -0.4 is 0 Å². The van der Waals surface area contributed by atoms with Crippen LogP contribution in [0, 0.1) is 0 Å². The topological polar surface area (TPSA) is 12.4 Å². The summed E-state index contributed by atoms with van der Waals surface area (Å²) in [6.45, 7) is 6.57. The van der Waals surface area contributed by atoms with Crippen LogP contribution in [0.1, 0.15) is 45.6 Å². The highest BCUT2D eigenvalue weighted by Crippen LogP contribution is 2.20. The Bertz CT molecular complexity index is 563. The van der Waals surface area contributed by atoms with Gasteiger partial charge in [0.1, 0.15) is 0 Å². The number of rotatable bonds is 5. The maximum Gasteiger partial charge on any atom is 0.0474 e. The van der Waals surface area contributed by atoms with Gasteiger partial charge in [-0.1, -0.05) is 62.2 Å². The van der Waals surface area contributed by atoms with E-state index in [0.29, 0.717) is 6.04 Å². The molecule has 2 aromatic rings. The van der Waals surface area contributed by atoms with Gasteiger partial charge >= 0.3 is 0 Å². The zero-order valence-corrected chi connectivity index (χ0v) is 12.2. The molecule has 1 nitrogen and oxygen atoms in total. The first kappa shape index (κ1) is 13.8. The van der Waals surface area contributed by atoms with Gasteiger partial charge in [-0.05, 0) is 31.0 Å². The number of nitrogens with zero attached hydrogens (tertiary/aromatic N) is 1. The van der Waals surface area contributed by atoms with Crippen LogP contribution in [0.25, 0.3) is 10.8 Å². The fourth-order valence-corrected chi connectivity index (χ4v) is 2.51. The van der Waals surface area contributed by atoms with Crippen LogP contribution in [0.2, 0.25) is 0 Å². The number of unbranched alkanes of at least 4 members (excludes halogenated alkanes) is 1. The molecule has 0 heterocycles. The third-order valence-electron chi connectivity index (χ3n) is 3.57. The van der Waals surface area contributed by atoms with E-state index in [1.807, 2.05) is 0 Å². The minimum Gasteiger partial charge on any atom is -0.286 e. The first-order valence-electron chi connectivity index (χ1n) is 7.25. The molecule has 1 unspecified atom stereocenters. The van der Waals surface area contributed by atoms with Crippen molar-refractivity contribution < 1.29 is 0 Å². The molecule has 0 aromatic heterocycles. The van der Waals surface area contributed by atoms with E-state index >= 15 is 0 Å². The van der Waals surface area contributed by atoms with Gasteiger partial charge in [-0.2, -0.15) is 0 Å². The minimum absolute atomic E-state index is 0.416. The molecule has 0 fully saturated rings. The summed E-state index contributed by atoms with van der Waals surface area (Å²) in [6.07, 6.45) is 3.68. The van der Waals surface area contributed by atoms with Crippen LogP contribution in [0.5, 0.6) is 0 Å². The number of aliphatic imine (C=N–C) groups is 1. The van der Waals surface area contributed by atoms with Crippen molar-refractivity contribution in [1.29, 1.82) is 0 Å². The van der Waals surface area contributed by atoms with Crippen molar-refractivity contribution in [3.8, 4) is 0 Å². The number of hydrogen-bond donors (Lipinski definition) is 0. The second kappa shape index (κ2) is 6.51. The Morgan fingerprint density at radius 3 is 2.63 bits per heavy atom. The van der Waals surface area contributed by atoms with E-state index in [1.54, 1.807) is 0 Å². The molecule has 0 spiro atoms. The lowest BCUT2D eigenvalue weighted by molar-refractivity contribution is 0.618. The van der Waals surface area contributed by atoms with Crippen LogP contribution in [-0.2, 0) is 0 Å². The Morgan fingerprint density at radius 1 is 1.11 bits per heavy atom. The van der Waals surface area contributed by atoms with Gasteiger partial charge in [0, 0.05) is 17.3 Å². The summed E-state index contributed by atoms with van der Waals surface area (Å²) in [4.78, 5) is 4.85. The van der Waals surface area contributed by atoms with Gasteiger partial charge in [-0.15, -0.1) is 0 Å². The zero-order valence-electron chi connectivity index (χ0n) is 12.2. The Balaban J connectivity index is 2.30. The highest BCUT2D eigenvalue weighted by atomic mass is 14.8. The van der Waals surface area contributed by atoms with Gasteiger partial charge < -0.3 is 0 Å². The lowest BCUT2D eigenvalue weighted by atomic mass is 10.0. The third kappa shape index (κ3) is 3.44. The molecule has 0 saturated carbocycles. The average molecular weight is 253 g/mol. The Labute approximate surface area is 116 Å². The molecular formula is C18H23N. The van der Waals surface area contributed by atoms with Gasteiger partial charge in [0.2, 0.25) is 0 Å². The molecule has 2 aromatic carbocycles. The van der Waals surface area contributed by atoms with Crippen LogP contribution >= 0.6 is 0 Å². The summed E-state index contributed by atoms with van der Waals surface area (Å²) in [5, 5.41) is 2.59. The molecule has 0 aliphatic rings. The minimum atomic E-state index is 0.416. The van der Waals surface area contributed by atoms with E-state index in [4.69, 9.17) is 4.99 Å². The molecule has 0 amide bonds. The molecule has 1 atom stereocenters. The van der Waals surface area contributed by atoms with Crippen molar-refractivity contribution in [2.45, 2.75) is 46.1 Å². The largest absolute Gasteiger partial charge is 0.286 e. The molecule has 0 bridgehead atoms. The molecule has 0 aliphatic carbocycles. The van der Waals surface area contributed by atoms with E-state index in [1.165, 1.54) is 35.6 Å². The summed E-state index contributed by atoms with van der Waals surface area (Å²) in [5.41, 5.74) is 2.42. The van der Waals surface area contributed by atoms with Crippen LogP contribution in [0.15, 0.2) is 47.5 Å². The van der Waals surface area contributed by atoms with E-state index in [9.17, 15) is 0 Å². The molecule has 0 N–H and O–H groups in total. The monoisotopic (exact) mass is 253 g/mol. The van der Waals surface area contributed by atoms with Crippen molar-refractivity contribution in [3.63, 3.8) is 0 Å². The van der Waals surface area contributed by atoms with Crippen molar-refractivity contribution >= 4 is 16.5 Å². The fourth-order valence-electron chi connectivity index (χ4n) is 2.51. The van der Waals surface area contributed by atoms with Crippen LogP contribution in [-0.4, -0.2) is 11.8 Å². The molecule has 2 rings (SSSR count). The van der Waals surface area contributed by atoms with Crippen molar-refractivity contribution in [2.24, 2.45) is 4.99 Å². The number of hydrogen-bond acceptors (Lipinski definition) is 1. The molecular weight excluding hydrogens is 230 g/mol. The molecule has 1 heteroatoms. The molecule has 19 heavy (non-hydrogen) atoms. The molecule has 0 radical (unpaired) electrons. The number of benzene rings is 2. The average Bonchev–Trinajstić information content (AvgIpc) is 2.44. The molecule has 0 aliphatic heterocycles. The highest BCUT2D eigenvalue weighted by Gasteiger charge is 2.05.